The van der Waals surface area contributed by atoms with E-state index in [-0.39, 0.29) is 5.91 Å². The van der Waals surface area contributed by atoms with E-state index in [1.807, 2.05) is 24.3 Å². The lowest BCUT2D eigenvalue weighted by molar-refractivity contribution is -0.115. The summed E-state index contributed by atoms with van der Waals surface area (Å²) >= 11 is 0. The Bertz CT molecular complexity index is 491. The average Bonchev–Trinajstić information content (AvgIpc) is 2.18. The summed E-state index contributed by atoms with van der Waals surface area (Å²) in [5.41, 5.74) is 1.06. The maximum absolute atomic E-state index is 11.3. The fraction of sp³-hybridized carbons (Fsp3) is 0.0909. The van der Waals surface area contributed by atoms with Crippen LogP contribution in [0.1, 0.15) is 5.56 Å². The standard InChI is InChI=1S/C11H8N2O/c14-9-6-8-3-1-2-7-4-5-12-11(13-9)10(7)8/h1-5H,6H2,(H,12,13,14). The fourth-order valence-electron chi connectivity index (χ4n) is 1.90. The number of aromatic nitrogens is 1. The molecule has 1 amide bonds. The number of hydrogen-bond acceptors (Lipinski definition) is 2. The van der Waals surface area contributed by atoms with Gasteiger partial charge in [-0.1, -0.05) is 18.2 Å². The number of carbonyl (C=O) groups is 1. The van der Waals surface area contributed by atoms with Crippen molar-refractivity contribution < 1.29 is 4.79 Å². The Morgan fingerprint density at radius 2 is 2.21 bits per heavy atom. The smallest absolute Gasteiger partial charge is 0.229 e. The molecule has 1 aliphatic rings. The highest BCUT2D eigenvalue weighted by atomic mass is 16.1. The second-order valence-electron chi connectivity index (χ2n) is 3.40. The van der Waals surface area contributed by atoms with Crippen LogP contribution in [-0.4, -0.2) is 10.9 Å². The van der Waals surface area contributed by atoms with Crippen LogP contribution in [0.25, 0.3) is 10.8 Å². The second-order valence-corrected chi connectivity index (χ2v) is 3.40. The van der Waals surface area contributed by atoms with E-state index in [0.29, 0.717) is 12.2 Å². The van der Waals surface area contributed by atoms with E-state index in [0.717, 1.165) is 16.3 Å². The van der Waals surface area contributed by atoms with Gasteiger partial charge in [-0.2, -0.15) is 0 Å². The molecule has 1 aromatic carbocycles. The lowest BCUT2D eigenvalue weighted by atomic mass is 10.0. The van der Waals surface area contributed by atoms with Crippen LogP contribution in [0.5, 0.6) is 0 Å². The molecule has 0 spiro atoms. The quantitative estimate of drug-likeness (QED) is 0.677. The van der Waals surface area contributed by atoms with Crippen LogP contribution in [0.4, 0.5) is 5.82 Å². The molecule has 2 heterocycles. The van der Waals surface area contributed by atoms with Crippen molar-refractivity contribution in [3.05, 3.63) is 36.0 Å². The Morgan fingerprint density at radius 1 is 1.29 bits per heavy atom. The average molecular weight is 184 g/mol. The van der Waals surface area contributed by atoms with Gasteiger partial charge < -0.3 is 5.32 Å². The van der Waals surface area contributed by atoms with E-state index in [9.17, 15) is 4.79 Å². The molecule has 0 saturated carbocycles. The van der Waals surface area contributed by atoms with E-state index in [1.165, 1.54) is 0 Å². The highest BCUT2D eigenvalue weighted by Crippen LogP contribution is 2.28. The molecule has 0 bridgehead atoms. The maximum Gasteiger partial charge on any atom is 0.229 e. The molecule has 3 nitrogen and oxygen atoms in total. The lowest BCUT2D eigenvalue weighted by Gasteiger charge is -2.16. The summed E-state index contributed by atoms with van der Waals surface area (Å²) in [6.45, 7) is 0. The molecule has 3 heteroatoms. The number of pyridine rings is 1. The first kappa shape index (κ1) is 7.50. The number of amides is 1. The summed E-state index contributed by atoms with van der Waals surface area (Å²) in [7, 11) is 0. The second kappa shape index (κ2) is 2.54. The number of hydrogen-bond donors (Lipinski definition) is 1. The highest BCUT2D eigenvalue weighted by Gasteiger charge is 2.17. The van der Waals surface area contributed by atoms with Crippen molar-refractivity contribution in [3.63, 3.8) is 0 Å². The zero-order chi connectivity index (χ0) is 9.54. The first-order valence-corrected chi connectivity index (χ1v) is 4.51. The molecule has 1 aliphatic heterocycles. The van der Waals surface area contributed by atoms with Crippen LogP contribution in [0, 0.1) is 0 Å². The summed E-state index contributed by atoms with van der Waals surface area (Å²) in [6.07, 6.45) is 2.17. The van der Waals surface area contributed by atoms with Gasteiger partial charge in [0.05, 0.1) is 6.42 Å². The first-order chi connectivity index (χ1) is 6.84. The molecule has 0 aliphatic carbocycles. The van der Waals surface area contributed by atoms with Gasteiger partial charge in [-0.15, -0.1) is 0 Å². The van der Waals surface area contributed by atoms with Crippen molar-refractivity contribution in [1.82, 2.24) is 4.98 Å². The molecule has 3 rings (SSSR count). The zero-order valence-corrected chi connectivity index (χ0v) is 7.45. The van der Waals surface area contributed by atoms with E-state index in [2.05, 4.69) is 10.3 Å². The van der Waals surface area contributed by atoms with Crippen LogP contribution >= 0.6 is 0 Å². The molecule has 0 radical (unpaired) electrons. The van der Waals surface area contributed by atoms with E-state index < -0.39 is 0 Å². The maximum atomic E-state index is 11.3. The minimum Gasteiger partial charge on any atom is -0.310 e. The molecule has 1 N–H and O–H groups in total. The number of nitrogens with one attached hydrogen (secondary N) is 1. The van der Waals surface area contributed by atoms with Gasteiger partial charge in [0, 0.05) is 11.6 Å². The Hall–Kier alpha value is -1.90. The SMILES string of the molecule is O=C1Cc2cccc3ccnc(c23)N1. The van der Waals surface area contributed by atoms with Gasteiger partial charge in [-0.3, -0.25) is 4.79 Å². The molecule has 0 atom stereocenters. The molecule has 1 aromatic heterocycles. The largest absolute Gasteiger partial charge is 0.310 e. The lowest BCUT2D eigenvalue weighted by Crippen LogP contribution is -2.20. The third kappa shape index (κ3) is 0.923. The predicted molar refractivity (Wildman–Crippen MR) is 54.1 cm³/mol. The van der Waals surface area contributed by atoms with Crippen LogP contribution in [0.2, 0.25) is 0 Å². The monoisotopic (exact) mass is 184 g/mol. The Kier molecular flexibility index (Phi) is 1.36. The molecule has 2 aromatic rings. The number of anilines is 1. The zero-order valence-electron chi connectivity index (χ0n) is 7.45. The minimum atomic E-state index is 0.0173. The van der Waals surface area contributed by atoms with E-state index >= 15 is 0 Å². The minimum absolute atomic E-state index is 0.0173. The van der Waals surface area contributed by atoms with Crippen molar-refractivity contribution in [2.45, 2.75) is 6.42 Å². The van der Waals surface area contributed by atoms with Gasteiger partial charge in [-0.25, -0.2) is 4.98 Å². The van der Waals surface area contributed by atoms with Gasteiger partial charge in [-0.05, 0) is 17.0 Å². The molecule has 0 saturated heterocycles. The van der Waals surface area contributed by atoms with E-state index in [4.69, 9.17) is 0 Å². The summed E-state index contributed by atoms with van der Waals surface area (Å²) < 4.78 is 0. The van der Waals surface area contributed by atoms with Crippen LogP contribution in [0.3, 0.4) is 0 Å². The fourth-order valence-corrected chi connectivity index (χ4v) is 1.90. The van der Waals surface area contributed by atoms with Crippen molar-refractivity contribution in [1.29, 1.82) is 0 Å². The molecular formula is C11H8N2O. The number of nitrogens with zero attached hydrogens (tertiary/aromatic N) is 1. The van der Waals surface area contributed by atoms with Crippen molar-refractivity contribution in [3.8, 4) is 0 Å². The Balaban J connectivity index is 2.45. The summed E-state index contributed by atoms with van der Waals surface area (Å²) in [4.78, 5) is 15.5. The van der Waals surface area contributed by atoms with Crippen LogP contribution in [0.15, 0.2) is 30.5 Å². The van der Waals surface area contributed by atoms with Gasteiger partial charge in [0.2, 0.25) is 5.91 Å². The molecule has 0 unspecified atom stereocenters. The topological polar surface area (TPSA) is 42.0 Å². The third-order valence-corrected chi connectivity index (χ3v) is 2.49. The van der Waals surface area contributed by atoms with Crippen LogP contribution in [-0.2, 0) is 11.2 Å². The highest BCUT2D eigenvalue weighted by molar-refractivity contribution is 6.07. The van der Waals surface area contributed by atoms with Crippen LogP contribution < -0.4 is 5.32 Å². The molecule has 14 heavy (non-hydrogen) atoms. The van der Waals surface area contributed by atoms with Gasteiger partial charge in [0.25, 0.3) is 0 Å². The van der Waals surface area contributed by atoms with E-state index in [1.54, 1.807) is 6.20 Å². The first-order valence-electron chi connectivity index (χ1n) is 4.51. The summed E-state index contributed by atoms with van der Waals surface area (Å²) in [5, 5.41) is 4.98. The van der Waals surface area contributed by atoms with Gasteiger partial charge in [0.15, 0.2) is 0 Å². The summed E-state index contributed by atoms with van der Waals surface area (Å²) in [5.74, 6) is 0.707. The number of carbonyl (C=O) groups excluding carboxylic acids is 1. The third-order valence-electron chi connectivity index (χ3n) is 2.49. The van der Waals surface area contributed by atoms with Gasteiger partial charge in [0.1, 0.15) is 5.82 Å². The Labute approximate surface area is 80.8 Å². The molecular weight excluding hydrogens is 176 g/mol. The Morgan fingerprint density at radius 3 is 3.14 bits per heavy atom. The van der Waals surface area contributed by atoms with Crippen molar-refractivity contribution in [2.75, 3.05) is 5.32 Å². The normalized spacial score (nSPS) is 14.1. The van der Waals surface area contributed by atoms with Gasteiger partial charge >= 0.3 is 0 Å². The van der Waals surface area contributed by atoms with Crippen molar-refractivity contribution in [2.24, 2.45) is 0 Å². The summed E-state index contributed by atoms with van der Waals surface area (Å²) in [6, 6.07) is 7.94. The number of rotatable bonds is 0. The molecule has 68 valence electrons. The number of benzene rings is 1. The van der Waals surface area contributed by atoms with Crippen molar-refractivity contribution >= 4 is 22.5 Å². The molecule has 0 fully saturated rings. The predicted octanol–water partition coefficient (Wildman–Crippen LogP) is 1.73.